The maximum absolute atomic E-state index is 12.5. The molecule has 0 radical (unpaired) electrons. The molecule has 0 bridgehead atoms. The van der Waals surface area contributed by atoms with Crippen LogP contribution in [0, 0.1) is 5.92 Å². The second kappa shape index (κ2) is 9.30. The molecule has 6 nitrogen and oxygen atoms in total. The number of nitrogens with zero attached hydrogens (tertiary/aromatic N) is 2. The van der Waals surface area contributed by atoms with Gasteiger partial charge in [0.25, 0.3) is 10.0 Å². The third-order valence-electron chi connectivity index (χ3n) is 3.93. The Hall–Kier alpha value is -0.230. The van der Waals surface area contributed by atoms with Crippen molar-refractivity contribution in [3.63, 3.8) is 0 Å². The van der Waals surface area contributed by atoms with E-state index in [4.69, 9.17) is 0 Å². The molecule has 0 aromatic rings. The van der Waals surface area contributed by atoms with E-state index in [0.29, 0.717) is 25.4 Å². The predicted molar refractivity (Wildman–Crippen MR) is 96.8 cm³/mol. The predicted octanol–water partition coefficient (Wildman–Crippen LogP) is 1.59. The van der Waals surface area contributed by atoms with Gasteiger partial charge in [-0.1, -0.05) is 0 Å². The van der Waals surface area contributed by atoms with Crippen molar-refractivity contribution in [2.75, 3.05) is 26.2 Å². The van der Waals surface area contributed by atoms with Crippen LogP contribution in [0.2, 0.25) is 0 Å². The van der Waals surface area contributed by atoms with E-state index < -0.39 is 15.8 Å². The lowest BCUT2D eigenvalue weighted by molar-refractivity contribution is 0.205. The van der Waals surface area contributed by atoms with Crippen LogP contribution in [0.4, 0.5) is 8.78 Å². The Morgan fingerprint density at radius 1 is 1.26 bits per heavy atom. The zero-order chi connectivity index (χ0) is 16.2. The van der Waals surface area contributed by atoms with E-state index in [2.05, 4.69) is 15.6 Å². The second-order valence-corrected chi connectivity index (χ2v) is 7.69. The molecular weight excluding hydrogens is 441 g/mol. The second-order valence-electron chi connectivity index (χ2n) is 5.79. The smallest absolute Gasteiger partial charge is 0.350 e. The summed E-state index contributed by atoms with van der Waals surface area (Å²) < 4.78 is 48.7. The number of alkyl halides is 2. The lowest BCUT2D eigenvalue weighted by atomic mass is 9.98. The number of nitrogens with one attached hydrogen (secondary N) is 2. The molecule has 10 heteroatoms. The third kappa shape index (κ3) is 6.29. The number of hydrogen-bond acceptors (Lipinski definition) is 3. The van der Waals surface area contributed by atoms with Gasteiger partial charge < -0.3 is 10.6 Å². The van der Waals surface area contributed by atoms with Crippen LogP contribution in [0.3, 0.4) is 0 Å². The van der Waals surface area contributed by atoms with Crippen molar-refractivity contribution in [2.45, 2.75) is 44.4 Å². The van der Waals surface area contributed by atoms with Crippen LogP contribution in [0.1, 0.15) is 32.6 Å². The summed E-state index contributed by atoms with van der Waals surface area (Å²) in [4.78, 5) is 4.52. The topological polar surface area (TPSA) is 73.8 Å². The van der Waals surface area contributed by atoms with Crippen molar-refractivity contribution in [1.82, 2.24) is 14.9 Å². The summed E-state index contributed by atoms with van der Waals surface area (Å²) in [6, 6.07) is 0.510. The van der Waals surface area contributed by atoms with Crippen LogP contribution in [-0.4, -0.2) is 56.7 Å². The molecule has 136 valence electrons. The number of guanidine groups is 1. The van der Waals surface area contributed by atoms with Gasteiger partial charge in [-0.25, -0.2) is 8.42 Å². The average molecular weight is 466 g/mol. The van der Waals surface area contributed by atoms with Crippen molar-refractivity contribution in [2.24, 2.45) is 10.9 Å². The maximum atomic E-state index is 12.5. The quantitative estimate of drug-likeness (QED) is 0.354. The number of aliphatic imine (C=N–C) groups is 1. The molecule has 0 atom stereocenters. The Labute approximate surface area is 153 Å². The summed E-state index contributed by atoms with van der Waals surface area (Å²) in [5, 5.41) is 6.49. The Morgan fingerprint density at radius 3 is 2.35 bits per heavy atom. The lowest BCUT2D eigenvalue weighted by Gasteiger charge is -2.30. The summed E-state index contributed by atoms with van der Waals surface area (Å²) in [5.74, 6) is -2.31. The van der Waals surface area contributed by atoms with Crippen LogP contribution < -0.4 is 10.6 Å². The molecule has 1 saturated carbocycles. The van der Waals surface area contributed by atoms with Crippen LogP contribution in [0.5, 0.6) is 0 Å². The molecule has 0 aromatic heterocycles. The van der Waals surface area contributed by atoms with E-state index in [1.807, 2.05) is 6.92 Å². The molecule has 2 N–H and O–H groups in total. The van der Waals surface area contributed by atoms with Gasteiger partial charge in [0.1, 0.15) is 0 Å². The van der Waals surface area contributed by atoms with Gasteiger partial charge in [-0.15, -0.1) is 24.0 Å². The van der Waals surface area contributed by atoms with Crippen molar-refractivity contribution < 1.29 is 17.2 Å². The third-order valence-corrected chi connectivity index (χ3v) is 5.46. The van der Waals surface area contributed by atoms with Crippen LogP contribution in [-0.2, 0) is 10.0 Å². The van der Waals surface area contributed by atoms with E-state index in [-0.39, 0.29) is 43.0 Å². The highest BCUT2D eigenvalue weighted by atomic mass is 127. The molecule has 2 fully saturated rings. The lowest BCUT2D eigenvalue weighted by Crippen LogP contribution is -2.42. The average Bonchev–Trinajstić information content (AvgIpc) is 3.29. The normalized spacial score (nSPS) is 21.1. The highest BCUT2D eigenvalue weighted by Gasteiger charge is 2.34. The molecule has 0 aromatic carbocycles. The summed E-state index contributed by atoms with van der Waals surface area (Å²) in [6.07, 6.45) is 3.46. The highest BCUT2D eigenvalue weighted by Crippen LogP contribution is 2.23. The minimum atomic E-state index is -4.43. The van der Waals surface area contributed by atoms with Crippen LogP contribution in [0.25, 0.3) is 0 Å². The fraction of sp³-hybridized carbons (Fsp3) is 0.923. The monoisotopic (exact) mass is 466 g/mol. The highest BCUT2D eigenvalue weighted by molar-refractivity contribution is 14.0. The van der Waals surface area contributed by atoms with Gasteiger partial charge in [0, 0.05) is 32.2 Å². The first-order valence-electron chi connectivity index (χ1n) is 7.75. The van der Waals surface area contributed by atoms with Gasteiger partial charge in [-0.05, 0) is 38.5 Å². The largest absolute Gasteiger partial charge is 0.357 e. The van der Waals surface area contributed by atoms with Gasteiger partial charge in [0.2, 0.25) is 0 Å². The number of piperidine rings is 1. The SMILES string of the molecule is CCNC(=NCC1CCN(S(=O)(=O)C(F)F)CC1)NC1CC1.I. The molecule has 2 rings (SSSR count). The van der Waals surface area contributed by atoms with E-state index in [0.717, 1.165) is 29.7 Å². The van der Waals surface area contributed by atoms with Crippen LogP contribution >= 0.6 is 24.0 Å². The van der Waals surface area contributed by atoms with Gasteiger partial charge in [-0.3, -0.25) is 4.99 Å². The van der Waals surface area contributed by atoms with E-state index in [9.17, 15) is 17.2 Å². The number of rotatable bonds is 6. The Morgan fingerprint density at radius 2 is 1.87 bits per heavy atom. The molecule has 0 amide bonds. The van der Waals surface area contributed by atoms with Gasteiger partial charge >= 0.3 is 5.76 Å². The molecular formula is C13H25F2IN4O2S. The molecule has 1 aliphatic carbocycles. The summed E-state index contributed by atoms with van der Waals surface area (Å²) in [5.41, 5.74) is 0. The minimum Gasteiger partial charge on any atom is -0.357 e. The number of hydrogen-bond donors (Lipinski definition) is 2. The van der Waals surface area contributed by atoms with Crippen LogP contribution in [0.15, 0.2) is 4.99 Å². The van der Waals surface area contributed by atoms with E-state index in [1.165, 1.54) is 0 Å². The fourth-order valence-corrected chi connectivity index (χ4v) is 3.37. The van der Waals surface area contributed by atoms with Gasteiger partial charge in [0.05, 0.1) is 0 Å². The number of sulfonamides is 1. The molecule has 2 aliphatic rings. The maximum Gasteiger partial charge on any atom is 0.350 e. The van der Waals surface area contributed by atoms with E-state index >= 15 is 0 Å². The summed E-state index contributed by atoms with van der Waals surface area (Å²) in [6.45, 7) is 3.67. The standard InChI is InChI=1S/C13H24F2N4O2S.HI/c1-2-16-13(18-11-3-4-11)17-9-10-5-7-19(8-6-10)22(20,21)12(14)15;/h10-12H,2-9H2,1H3,(H2,16,17,18);1H. The van der Waals surface area contributed by atoms with E-state index in [1.54, 1.807) is 0 Å². The van der Waals surface area contributed by atoms with Gasteiger partial charge in [-0.2, -0.15) is 13.1 Å². The number of halogens is 3. The van der Waals surface area contributed by atoms with Crippen molar-refractivity contribution in [1.29, 1.82) is 0 Å². The first-order chi connectivity index (χ1) is 10.4. The Kier molecular flexibility index (Phi) is 8.42. The summed E-state index contributed by atoms with van der Waals surface area (Å²) in [7, 11) is -4.43. The molecule has 1 heterocycles. The molecule has 0 unspecified atom stereocenters. The first-order valence-corrected chi connectivity index (χ1v) is 9.25. The summed E-state index contributed by atoms with van der Waals surface area (Å²) >= 11 is 0. The Bertz CT molecular complexity index is 492. The molecule has 0 spiro atoms. The van der Waals surface area contributed by atoms with Crippen molar-refractivity contribution >= 4 is 40.0 Å². The Balaban J connectivity index is 0.00000264. The van der Waals surface area contributed by atoms with Gasteiger partial charge in [0.15, 0.2) is 5.96 Å². The molecule has 1 aliphatic heterocycles. The molecule has 1 saturated heterocycles. The zero-order valence-electron chi connectivity index (χ0n) is 13.2. The fourth-order valence-electron chi connectivity index (χ4n) is 2.42. The first kappa shape index (κ1) is 20.8. The molecule has 23 heavy (non-hydrogen) atoms. The van der Waals surface area contributed by atoms with Crippen molar-refractivity contribution in [3.8, 4) is 0 Å². The minimum absolute atomic E-state index is 0. The zero-order valence-corrected chi connectivity index (χ0v) is 16.3. The van der Waals surface area contributed by atoms with Crippen molar-refractivity contribution in [3.05, 3.63) is 0 Å².